The summed E-state index contributed by atoms with van der Waals surface area (Å²) >= 11 is 1.33. The summed E-state index contributed by atoms with van der Waals surface area (Å²) < 4.78 is 5.23. The highest BCUT2D eigenvalue weighted by atomic mass is 32.2. The SMILES string of the molecule is CC(=O)S[C@H](CCNCC(=O)OC(C)(C)C)c1ccccc1. The molecule has 5 heteroatoms. The van der Waals surface area contributed by atoms with Gasteiger partial charge < -0.3 is 10.1 Å². The van der Waals surface area contributed by atoms with Gasteiger partial charge in [0.05, 0.1) is 6.54 Å². The van der Waals surface area contributed by atoms with E-state index in [-0.39, 0.29) is 22.9 Å². The number of hydrogen-bond acceptors (Lipinski definition) is 5. The van der Waals surface area contributed by atoms with Crippen LogP contribution in [0.5, 0.6) is 0 Å². The van der Waals surface area contributed by atoms with Crippen LogP contribution in [0.2, 0.25) is 0 Å². The molecule has 0 aromatic heterocycles. The summed E-state index contributed by atoms with van der Waals surface area (Å²) in [4.78, 5) is 23.0. The summed E-state index contributed by atoms with van der Waals surface area (Å²) in [5.41, 5.74) is 0.664. The lowest BCUT2D eigenvalue weighted by molar-refractivity contribution is -0.153. The molecule has 0 heterocycles. The van der Waals surface area contributed by atoms with Crippen LogP contribution >= 0.6 is 11.8 Å². The minimum absolute atomic E-state index is 0.0981. The van der Waals surface area contributed by atoms with Gasteiger partial charge in [-0.1, -0.05) is 42.1 Å². The molecule has 22 heavy (non-hydrogen) atoms. The Morgan fingerprint density at radius 2 is 1.86 bits per heavy atom. The maximum atomic E-state index is 11.6. The highest BCUT2D eigenvalue weighted by Gasteiger charge is 2.17. The zero-order chi connectivity index (χ0) is 16.6. The van der Waals surface area contributed by atoms with E-state index in [1.54, 1.807) is 6.92 Å². The molecule has 0 aliphatic carbocycles. The van der Waals surface area contributed by atoms with Crippen LogP contribution in [-0.2, 0) is 14.3 Å². The van der Waals surface area contributed by atoms with Crippen molar-refractivity contribution in [2.75, 3.05) is 13.1 Å². The summed E-state index contributed by atoms with van der Waals surface area (Å²) in [7, 11) is 0. The fourth-order valence-electron chi connectivity index (χ4n) is 1.96. The summed E-state index contributed by atoms with van der Waals surface area (Å²) in [5.74, 6) is -0.261. The molecule has 0 radical (unpaired) electrons. The zero-order valence-electron chi connectivity index (χ0n) is 13.7. The number of rotatable bonds is 7. The lowest BCUT2D eigenvalue weighted by Gasteiger charge is -2.20. The van der Waals surface area contributed by atoms with Crippen molar-refractivity contribution >= 4 is 22.8 Å². The van der Waals surface area contributed by atoms with E-state index in [1.165, 1.54) is 11.8 Å². The van der Waals surface area contributed by atoms with E-state index in [9.17, 15) is 9.59 Å². The van der Waals surface area contributed by atoms with E-state index in [1.807, 2.05) is 51.1 Å². The van der Waals surface area contributed by atoms with Crippen molar-refractivity contribution in [2.24, 2.45) is 0 Å². The van der Waals surface area contributed by atoms with Gasteiger partial charge in [-0.25, -0.2) is 0 Å². The molecule has 0 fully saturated rings. The third-order valence-electron chi connectivity index (χ3n) is 2.75. The van der Waals surface area contributed by atoms with Gasteiger partial charge >= 0.3 is 5.97 Å². The standard InChI is InChI=1S/C17H25NO3S/c1-13(19)22-15(14-8-6-5-7-9-14)10-11-18-12-16(20)21-17(2,3)4/h5-9,15,18H,10-12H2,1-4H3/t15-/m1/s1. The Balaban J connectivity index is 2.42. The van der Waals surface area contributed by atoms with Crippen molar-refractivity contribution in [1.82, 2.24) is 5.32 Å². The Kier molecular flexibility index (Phi) is 7.62. The van der Waals surface area contributed by atoms with Crippen LogP contribution in [0.15, 0.2) is 30.3 Å². The Morgan fingerprint density at radius 3 is 2.41 bits per heavy atom. The third kappa shape index (κ3) is 8.20. The average Bonchev–Trinajstić information content (AvgIpc) is 2.41. The Morgan fingerprint density at radius 1 is 1.23 bits per heavy atom. The average molecular weight is 323 g/mol. The number of carbonyl (C=O) groups excluding carboxylic acids is 2. The fraction of sp³-hybridized carbons (Fsp3) is 0.529. The van der Waals surface area contributed by atoms with Crippen molar-refractivity contribution in [3.05, 3.63) is 35.9 Å². The Labute approximate surface area is 137 Å². The van der Waals surface area contributed by atoms with Crippen molar-refractivity contribution in [2.45, 2.75) is 45.0 Å². The normalized spacial score (nSPS) is 12.7. The molecule has 1 atom stereocenters. The maximum Gasteiger partial charge on any atom is 0.320 e. The van der Waals surface area contributed by atoms with Crippen molar-refractivity contribution < 1.29 is 14.3 Å². The molecule has 1 aromatic rings. The van der Waals surface area contributed by atoms with Gasteiger partial charge in [0.15, 0.2) is 5.12 Å². The number of carbonyl (C=O) groups is 2. The van der Waals surface area contributed by atoms with Gasteiger partial charge in [-0.2, -0.15) is 0 Å². The van der Waals surface area contributed by atoms with Crippen LogP contribution in [0.25, 0.3) is 0 Å². The molecular weight excluding hydrogens is 298 g/mol. The summed E-state index contributed by atoms with van der Waals surface area (Å²) in [5, 5.41) is 3.28. The van der Waals surface area contributed by atoms with E-state index in [0.29, 0.717) is 6.54 Å². The Bertz CT molecular complexity index is 482. The second kappa shape index (κ2) is 8.96. The minimum atomic E-state index is -0.462. The molecule has 1 rings (SSSR count). The van der Waals surface area contributed by atoms with E-state index >= 15 is 0 Å². The van der Waals surface area contributed by atoms with E-state index < -0.39 is 5.60 Å². The van der Waals surface area contributed by atoms with Crippen LogP contribution < -0.4 is 5.32 Å². The molecule has 0 saturated heterocycles. The number of esters is 1. The lowest BCUT2D eigenvalue weighted by atomic mass is 10.1. The van der Waals surface area contributed by atoms with E-state index in [2.05, 4.69) is 5.32 Å². The molecule has 0 aliphatic rings. The maximum absolute atomic E-state index is 11.6. The van der Waals surface area contributed by atoms with Crippen LogP contribution in [0, 0.1) is 0 Å². The second-order valence-corrected chi connectivity index (χ2v) is 7.44. The number of benzene rings is 1. The lowest BCUT2D eigenvalue weighted by Crippen LogP contribution is -2.32. The third-order valence-corrected chi connectivity index (χ3v) is 3.88. The first kappa shape index (κ1) is 18.7. The predicted octanol–water partition coefficient (Wildman–Crippen LogP) is 3.33. The molecule has 0 amide bonds. The first-order valence-corrected chi connectivity index (χ1v) is 8.30. The van der Waals surface area contributed by atoms with E-state index in [4.69, 9.17) is 4.74 Å². The minimum Gasteiger partial charge on any atom is -0.459 e. The van der Waals surface area contributed by atoms with Gasteiger partial charge in [0.25, 0.3) is 0 Å². The topological polar surface area (TPSA) is 55.4 Å². The van der Waals surface area contributed by atoms with Gasteiger partial charge in [0.1, 0.15) is 5.60 Å². The summed E-state index contributed by atoms with van der Waals surface area (Å²) in [6.07, 6.45) is 0.775. The smallest absolute Gasteiger partial charge is 0.320 e. The molecule has 1 N–H and O–H groups in total. The van der Waals surface area contributed by atoms with Gasteiger partial charge in [0, 0.05) is 12.2 Å². The largest absolute Gasteiger partial charge is 0.459 e. The van der Waals surface area contributed by atoms with Crippen molar-refractivity contribution in [1.29, 1.82) is 0 Å². The Hall–Kier alpha value is -1.33. The molecule has 1 aromatic carbocycles. The van der Waals surface area contributed by atoms with Crippen molar-refractivity contribution in [3.8, 4) is 0 Å². The number of hydrogen-bond donors (Lipinski definition) is 1. The molecule has 0 unspecified atom stereocenters. The molecule has 0 saturated carbocycles. The van der Waals surface area contributed by atoms with E-state index in [0.717, 1.165) is 12.0 Å². The number of nitrogens with one attached hydrogen (secondary N) is 1. The fourth-order valence-corrected chi connectivity index (χ4v) is 2.89. The molecule has 0 bridgehead atoms. The van der Waals surface area contributed by atoms with Gasteiger partial charge in [-0.05, 0) is 39.3 Å². The molecular formula is C17H25NO3S. The van der Waals surface area contributed by atoms with Crippen LogP contribution in [0.4, 0.5) is 0 Å². The van der Waals surface area contributed by atoms with Crippen LogP contribution in [0.1, 0.15) is 44.9 Å². The molecule has 122 valence electrons. The van der Waals surface area contributed by atoms with Gasteiger partial charge in [-0.15, -0.1) is 0 Å². The highest BCUT2D eigenvalue weighted by molar-refractivity contribution is 8.13. The molecule has 0 spiro atoms. The first-order chi connectivity index (χ1) is 10.3. The van der Waals surface area contributed by atoms with Crippen molar-refractivity contribution in [3.63, 3.8) is 0 Å². The van der Waals surface area contributed by atoms with Crippen LogP contribution in [-0.4, -0.2) is 29.8 Å². The van der Waals surface area contributed by atoms with Gasteiger partial charge in [-0.3, -0.25) is 9.59 Å². The quantitative estimate of drug-likeness (QED) is 0.616. The monoisotopic (exact) mass is 323 g/mol. The summed E-state index contributed by atoms with van der Waals surface area (Å²) in [6, 6.07) is 9.94. The second-order valence-electron chi connectivity index (χ2n) is 6.06. The number of ether oxygens (including phenoxy) is 1. The van der Waals surface area contributed by atoms with Crippen LogP contribution in [0.3, 0.4) is 0 Å². The first-order valence-electron chi connectivity index (χ1n) is 7.42. The summed E-state index contributed by atoms with van der Waals surface area (Å²) in [6.45, 7) is 7.96. The zero-order valence-corrected chi connectivity index (χ0v) is 14.5. The molecule has 0 aliphatic heterocycles. The molecule has 4 nitrogen and oxygen atoms in total. The number of thioether (sulfide) groups is 1. The van der Waals surface area contributed by atoms with Gasteiger partial charge in [0.2, 0.25) is 0 Å². The predicted molar refractivity (Wildman–Crippen MR) is 90.8 cm³/mol. The highest BCUT2D eigenvalue weighted by Crippen LogP contribution is 2.31.